The minimum absolute atomic E-state index is 0.313. The molecular formula is C15H19N3O2S. The molecule has 6 heteroatoms. The Morgan fingerprint density at radius 2 is 1.90 bits per heavy atom. The van der Waals surface area contributed by atoms with Gasteiger partial charge in [-0.15, -0.1) is 0 Å². The highest BCUT2D eigenvalue weighted by molar-refractivity contribution is 7.90. The van der Waals surface area contributed by atoms with Crippen molar-refractivity contribution < 1.29 is 8.42 Å². The van der Waals surface area contributed by atoms with Crippen molar-refractivity contribution in [3.05, 3.63) is 36.3 Å². The van der Waals surface area contributed by atoms with Crippen LogP contribution in [0.4, 0.5) is 0 Å². The number of aromatic nitrogens is 2. The van der Waals surface area contributed by atoms with Crippen LogP contribution in [0.25, 0.3) is 11.3 Å². The van der Waals surface area contributed by atoms with Crippen molar-refractivity contribution in [1.82, 2.24) is 9.97 Å². The summed E-state index contributed by atoms with van der Waals surface area (Å²) in [6, 6.07) is 6.76. The topological polar surface area (TPSA) is 88.8 Å². The van der Waals surface area contributed by atoms with Gasteiger partial charge in [-0.2, -0.15) is 0 Å². The Kier molecular flexibility index (Phi) is 3.18. The second kappa shape index (κ2) is 4.68. The van der Waals surface area contributed by atoms with Gasteiger partial charge in [-0.1, -0.05) is 12.1 Å². The Balaban J connectivity index is 1.90. The van der Waals surface area contributed by atoms with Crippen molar-refractivity contribution in [2.75, 3.05) is 6.26 Å². The summed E-state index contributed by atoms with van der Waals surface area (Å²) in [5.74, 6) is 1.27. The van der Waals surface area contributed by atoms with Crippen LogP contribution in [-0.4, -0.2) is 24.6 Å². The molecule has 1 heterocycles. The summed E-state index contributed by atoms with van der Waals surface area (Å²) < 4.78 is 22.9. The van der Waals surface area contributed by atoms with Crippen molar-refractivity contribution in [1.29, 1.82) is 0 Å². The van der Waals surface area contributed by atoms with E-state index in [1.54, 1.807) is 30.5 Å². The molecule has 0 radical (unpaired) electrons. The fourth-order valence-corrected chi connectivity index (χ4v) is 3.13. The summed E-state index contributed by atoms with van der Waals surface area (Å²) in [4.78, 5) is 7.97. The molecule has 1 unspecified atom stereocenters. The van der Waals surface area contributed by atoms with E-state index in [1.165, 1.54) is 6.26 Å². The third-order valence-electron chi connectivity index (χ3n) is 4.10. The van der Waals surface area contributed by atoms with E-state index in [4.69, 9.17) is 5.73 Å². The summed E-state index contributed by atoms with van der Waals surface area (Å²) in [7, 11) is -3.17. The van der Waals surface area contributed by atoms with Crippen LogP contribution in [-0.2, 0) is 15.4 Å². The molecule has 1 atom stereocenters. The lowest BCUT2D eigenvalue weighted by Crippen LogP contribution is -2.36. The number of sulfone groups is 1. The van der Waals surface area contributed by atoms with Crippen LogP contribution in [0, 0.1) is 5.92 Å². The van der Waals surface area contributed by atoms with Crippen molar-refractivity contribution in [2.45, 2.75) is 30.2 Å². The third-order valence-corrected chi connectivity index (χ3v) is 5.23. The van der Waals surface area contributed by atoms with Crippen molar-refractivity contribution in [2.24, 2.45) is 11.7 Å². The number of H-pyrrole nitrogens is 1. The van der Waals surface area contributed by atoms with E-state index in [1.807, 2.05) is 6.92 Å². The van der Waals surface area contributed by atoms with Gasteiger partial charge in [-0.05, 0) is 43.4 Å². The lowest BCUT2D eigenvalue weighted by Gasteiger charge is -2.21. The monoisotopic (exact) mass is 305 g/mol. The maximum Gasteiger partial charge on any atom is 0.175 e. The van der Waals surface area contributed by atoms with Crippen LogP contribution < -0.4 is 5.73 Å². The van der Waals surface area contributed by atoms with E-state index in [9.17, 15) is 8.42 Å². The van der Waals surface area contributed by atoms with Crippen LogP contribution in [0.3, 0.4) is 0 Å². The van der Waals surface area contributed by atoms with Crippen molar-refractivity contribution in [3.8, 4) is 11.3 Å². The molecule has 0 saturated heterocycles. The van der Waals surface area contributed by atoms with Gasteiger partial charge in [-0.25, -0.2) is 13.4 Å². The molecule has 2 aromatic rings. The fourth-order valence-electron chi connectivity index (χ4n) is 2.50. The number of nitrogens with two attached hydrogens (primary N) is 1. The molecule has 0 aliphatic heterocycles. The number of hydrogen-bond acceptors (Lipinski definition) is 4. The SMILES string of the molecule is CC(N)(c1ncc(-c2ccc(S(C)(=O)=O)cc2)[nH]1)C1CC1. The summed E-state index contributed by atoms with van der Waals surface area (Å²) in [6.45, 7) is 2.00. The molecule has 1 aromatic carbocycles. The summed E-state index contributed by atoms with van der Waals surface area (Å²) >= 11 is 0. The minimum Gasteiger partial charge on any atom is -0.340 e. The number of hydrogen-bond donors (Lipinski definition) is 2. The van der Waals surface area contributed by atoms with Crippen LogP contribution in [0.5, 0.6) is 0 Å². The first-order valence-corrected chi connectivity index (χ1v) is 8.82. The van der Waals surface area contributed by atoms with Crippen LogP contribution >= 0.6 is 0 Å². The molecule has 0 bridgehead atoms. The van der Waals surface area contributed by atoms with Crippen molar-refractivity contribution in [3.63, 3.8) is 0 Å². The standard InChI is InChI=1S/C15H19N3O2S/c1-15(16,11-5-6-11)14-17-9-13(18-14)10-3-7-12(8-4-10)21(2,19)20/h3-4,7-9,11H,5-6,16H2,1-2H3,(H,17,18). The van der Waals surface area contributed by atoms with Crippen LogP contribution in [0.2, 0.25) is 0 Å². The predicted molar refractivity (Wildman–Crippen MR) is 81.4 cm³/mol. The molecule has 1 saturated carbocycles. The second-order valence-corrected chi connectivity index (χ2v) is 8.01. The molecule has 1 fully saturated rings. The molecule has 112 valence electrons. The molecule has 0 spiro atoms. The zero-order valence-corrected chi connectivity index (χ0v) is 12.9. The molecule has 3 N–H and O–H groups in total. The Morgan fingerprint density at radius 3 is 2.43 bits per heavy atom. The number of imidazole rings is 1. The Bertz CT molecular complexity index is 756. The normalized spacial score (nSPS) is 18.4. The molecule has 1 aromatic heterocycles. The lowest BCUT2D eigenvalue weighted by molar-refractivity contribution is 0.404. The molecule has 21 heavy (non-hydrogen) atoms. The lowest BCUT2D eigenvalue weighted by atomic mass is 9.97. The van der Waals surface area contributed by atoms with Crippen LogP contribution in [0.15, 0.2) is 35.4 Å². The van der Waals surface area contributed by atoms with E-state index < -0.39 is 15.4 Å². The molecule has 0 amide bonds. The van der Waals surface area contributed by atoms with Gasteiger partial charge < -0.3 is 10.7 Å². The highest BCUT2D eigenvalue weighted by Gasteiger charge is 2.41. The smallest absolute Gasteiger partial charge is 0.175 e. The average molecular weight is 305 g/mol. The zero-order valence-electron chi connectivity index (χ0n) is 12.1. The first-order valence-electron chi connectivity index (χ1n) is 6.93. The number of benzene rings is 1. The maximum atomic E-state index is 11.5. The Morgan fingerprint density at radius 1 is 1.29 bits per heavy atom. The largest absolute Gasteiger partial charge is 0.340 e. The Hall–Kier alpha value is -1.66. The quantitative estimate of drug-likeness (QED) is 0.905. The van der Waals surface area contributed by atoms with E-state index in [0.717, 1.165) is 29.9 Å². The van der Waals surface area contributed by atoms with E-state index in [-0.39, 0.29) is 0 Å². The first kappa shape index (κ1) is 14.3. The predicted octanol–water partition coefficient (Wildman–Crippen LogP) is 2.06. The molecule has 1 aliphatic rings. The fraction of sp³-hybridized carbons (Fsp3) is 0.400. The molecular weight excluding hydrogens is 286 g/mol. The van der Waals surface area contributed by atoms with Gasteiger partial charge >= 0.3 is 0 Å². The third kappa shape index (κ3) is 2.73. The molecule has 1 aliphatic carbocycles. The number of aromatic amines is 1. The Labute approximate surface area is 124 Å². The summed E-state index contributed by atoms with van der Waals surface area (Å²) in [5, 5.41) is 0. The summed E-state index contributed by atoms with van der Waals surface area (Å²) in [5.41, 5.74) is 7.66. The number of nitrogens with zero attached hydrogens (tertiary/aromatic N) is 1. The maximum absolute atomic E-state index is 11.5. The number of rotatable bonds is 4. The number of nitrogens with one attached hydrogen (secondary N) is 1. The highest BCUT2D eigenvalue weighted by Crippen LogP contribution is 2.43. The first-order chi connectivity index (χ1) is 9.78. The van der Waals surface area contributed by atoms with Gasteiger partial charge in [0.15, 0.2) is 9.84 Å². The van der Waals surface area contributed by atoms with Gasteiger partial charge in [0.05, 0.1) is 22.3 Å². The van der Waals surface area contributed by atoms with E-state index >= 15 is 0 Å². The van der Waals surface area contributed by atoms with E-state index in [2.05, 4.69) is 9.97 Å². The van der Waals surface area contributed by atoms with Gasteiger partial charge in [0.25, 0.3) is 0 Å². The van der Waals surface area contributed by atoms with Gasteiger partial charge in [0, 0.05) is 6.26 Å². The van der Waals surface area contributed by atoms with Crippen LogP contribution in [0.1, 0.15) is 25.6 Å². The molecule has 3 rings (SSSR count). The van der Waals surface area contributed by atoms with Gasteiger partial charge in [-0.3, -0.25) is 0 Å². The zero-order chi connectivity index (χ0) is 15.3. The minimum atomic E-state index is -3.17. The van der Waals surface area contributed by atoms with Gasteiger partial charge in [0.2, 0.25) is 0 Å². The average Bonchev–Trinajstić information content (AvgIpc) is 3.16. The highest BCUT2D eigenvalue weighted by atomic mass is 32.2. The summed E-state index contributed by atoms with van der Waals surface area (Å²) in [6.07, 6.45) is 5.24. The van der Waals surface area contributed by atoms with Gasteiger partial charge in [0.1, 0.15) is 5.82 Å². The van der Waals surface area contributed by atoms with Crippen molar-refractivity contribution >= 4 is 9.84 Å². The second-order valence-electron chi connectivity index (χ2n) is 6.00. The molecule has 5 nitrogen and oxygen atoms in total. The van der Waals surface area contributed by atoms with E-state index in [0.29, 0.717) is 10.8 Å².